The van der Waals surface area contributed by atoms with E-state index in [1.807, 2.05) is 6.07 Å². The fraction of sp³-hybridized carbons (Fsp3) is 0.440. The van der Waals surface area contributed by atoms with Crippen LogP contribution in [0.2, 0.25) is 5.02 Å². The van der Waals surface area contributed by atoms with Crippen molar-refractivity contribution in [2.24, 2.45) is 5.92 Å². The van der Waals surface area contributed by atoms with E-state index in [1.165, 1.54) is 37.7 Å². The summed E-state index contributed by atoms with van der Waals surface area (Å²) in [6, 6.07) is 10.0. The summed E-state index contributed by atoms with van der Waals surface area (Å²) < 4.78 is 13.9. The number of unbranched alkanes of at least 4 members (excludes halogenated alkanes) is 1. The zero-order valence-corrected chi connectivity index (χ0v) is 16.9. The van der Waals surface area contributed by atoms with E-state index in [2.05, 4.69) is 31.2 Å². The van der Waals surface area contributed by atoms with Crippen LogP contribution in [-0.2, 0) is 25.7 Å². The maximum absolute atomic E-state index is 13.9. The van der Waals surface area contributed by atoms with Crippen molar-refractivity contribution < 1.29 is 4.39 Å². The summed E-state index contributed by atoms with van der Waals surface area (Å²) in [5, 5.41) is 0.214. The van der Waals surface area contributed by atoms with Gasteiger partial charge in [-0.15, -0.1) is 0 Å². The molecule has 0 saturated heterocycles. The number of halogens is 2. The average molecular weight is 383 g/mol. The summed E-state index contributed by atoms with van der Waals surface area (Å²) in [5.41, 5.74) is 7.33. The first kappa shape index (κ1) is 18.7. The zero-order valence-electron chi connectivity index (χ0n) is 16.1. The molecule has 0 fully saturated rings. The van der Waals surface area contributed by atoms with Gasteiger partial charge in [-0.1, -0.05) is 55.3 Å². The topological polar surface area (TPSA) is 0 Å². The molecule has 0 amide bonds. The van der Waals surface area contributed by atoms with E-state index in [-0.39, 0.29) is 10.8 Å². The monoisotopic (exact) mass is 382 g/mol. The maximum atomic E-state index is 13.9. The van der Waals surface area contributed by atoms with Gasteiger partial charge in [0.05, 0.1) is 5.02 Å². The standard InChI is InChI=1S/C25H28ClF/c1-2-3-4-5-17-6-11-22-20(14-17)7-8-21-15-18(9-12-23(21)22)19-10-13-24(26)25(27)16-19/h4-5,7-8,10,13,16-18H,2-3,6,9,11-12,14-15H2,1H3/b5-4+. The van der Waals surface area contributed by atoms with Gasteiger partial charge in [-0.2, -0.15) is 0 Å². The Morgan fingerprint density at radius 3 is 2.52 bits per heavy atom. The Morgan fingerprint density at radius 2 is 1.78 bits per heavy atom. The predicted octanol–water partition coefficient (Wildman–Crippen LogP) is 7.21. The lowest BCUT2D eigenvalue weighted by Gasteiger charge is -2.31. The van der Waals surface area contributed by atoms with Gasteiger partial charge >= 0.3 is 0 Å². The molecular weight excluding hydrogens is 355 g/mol. The van der Waals surface area contributed by atoms with Gasteiger partial charge in [-0.25, -0.2) is 4.39 Å². The summed E-state index contributed by atoms with van der Waals surface area (Å²) in [5.74, 6) is 0.804. The molecule has 0 spiro atoms. The average Bonchev–Trinajstić information content (AvgIpc) is 2.69. The van der Waals surface area contributed by atoms with E-state index in [1.54, 1.807) is 28.8 Å². The Balaban J connectivity index is 1.52. The Kier molecular flexibility index (Phi) is 5.68. The molecule has 142 valence electrons. The van der Waals surface area contributed by atoms with Crippen LogP contribution in [0.25, 0.3) is 0 Å². The van der Waals surface area contributed by atoms with Gasteiger partial charge in [0.2, 0.25) is 0 Å². The lowest BCUT2D eigenvalue weighted by molar-refractivity contribution is 0.531. The van der Waals surface area contributed by atoms with Crippen LogP contribution in [0.1, 0.15) is 66.3 Å². The number of allylic oxidation sites excluding steroid dienone is 2. The molecular formula is C25H28ClF. The number of hydrogen-bond donors (Lipinski definition) is 0. The predicted molar refractivity (Wildman–Crippen MR) is 112 cm³/mol. The first-order valence-corrected chi connectivity index (χ1v) is 10.8. The molecule has 2 heteroatoms. The van der Waals surface area contributed by atoms with Gasteiger partial charge in [0.15, 0.2) is 0 Å². The van der Waals surface area contributed by atoms with Crippen LogP contribution in [0, 0.1) is 11.7 Å². The molecule has 0 heterocycles. The third-order valence-corrected chi connectivity index (χ3v) is 6.67. The van der Waals surface area contributed by atoms with Gasteiger partial charge in [0.1, 0.15) is 5.82 Å². The first-order valence-electron chi connectivity index (χ1n) is 10.4. The highest BCUT2D eigenvalue weighted by Gasteiger charge is 2.26. The zero-order chi connectivity index (χ0) is 18.8. The van der Waals surface area contributed by atoms with E-state index in [9.17, 15) is 4.39 Å². The highest BCUT2D eigenvalue weighted by Crippen LogP contribution is 2.39. The van der Waals surface area contributed by atoms with E-state index < -0.39 is 0 Å². The smallest absolute Gasteiger partial charge is 0.142 e. The van der Waals surface area contributed by atoms with Crippen LogP contribution in [0.3, 0.4) is 0 Å². The van der Waals surface area contributed by atoms with Crippen molar-refractivity contribution in [3.63, 3.8) is 0 Å². The van der Waals surface area contributed by atoms with Crippen LogP contribution in [0.15, 0.2) is 42.5 Å². The second-order valence-electron chi connectivity index (χ2n) is 8.17. The molecule has 27 heavy (non-hydrogen) atoms. The van der Waals surface area contributed by atoms with E-state index in [0.29, 0.717) is 11.8 Å². The van der Waals surface area contributed by atoms with Crippen molar-refractivity contribution in [3.8, 4) is 0 Å². The largest absolute Gasteiger partial charge is 0.205 e. The molecule has 0 N–H and O–H groups in total. The fourth-order valence-corrected chi connectivity index (χ4v) is 4.98. The van der Waals surface area contributed by atoms with Crippen molar-refractivity contribution in [1.82, 2.24) is 0 Å². The number of fused-ring (bicyclic) bond motifs is 3. The van der Waals surface area contributed by atoms with Gasteiger partial charge in [-0.05, 0) is 96.7 Å². The summed E-state index contributed by atoms with van der Waals surface area (Å²) in [6.07, 6.45) is 14.1. The number of hydrogen-bond acceptors (Lipinski definition) is 0. The molecule has 2 aliphatic rings. The van der Waals surface area contributed by atoms with Crippen LogP contribution in [0.4, 0.5) is 4.39 Å². The second-order valence-corrected chi connectivity index (χ2v) is 8.58. The summed E-state index contributed by atoms with van der Waals surface area (Å²) >= 11 is 5.85. The minimum absolute atomic E-state index is 0.214. The summed E-state index contributed by atoms with van der Waals surface area (Å²) in [4.78, 5) is 0. The third kappa shape index (κ3) is 3.99. The second kappa shape index (κ2) is 8.19. The minimum Gasteiger partial charge on any atom is -0.205 e. The molecule has 2 aliphatic carbocycles. The van der Waals surface area contributed by atoms with Gasteiger partial charge in [-0.3, -0.25) is 0 Å². The third-order valence-electron chi connectivity index (χ3n) is 6.36. The van der Waals surface area contributed by atoms with Crippen LogP contribution in [0.5, 0.6) is 0 Å². The molecule has 2 atom stereocenters. The highest BCUT2D eigenvalue weighted by molar-refractivity contribution is 6.30. The maximum Gasteiger partial charge on any atom is 0.142 e. The van der Waals surface area contributed by atoms with E-state index >= 15 is 0 Å². The van der Waals surface area contributed by atoms with E-state index in [4.69, 9.17) is 11.6 Å². The number of rotatable bonds is 4. The van der Waals surface area contributed by atoms with Gasteiger partial charge < -0.3 is 0 Å². The molecule has 2 aromatic carbocycles. The molecule has 0 radical (unpaired) electrons. The summed E-state index contributed by atoms with van der Waals surface area (Å²) in [6.45, 7) is 2.23. The van der Waals surface area contributed by atoms with Crippen LogP contribution >= 0.6 is 11.6 Å². The van der Waals surface area contributed by atoms with Crippen molar-refractivity contribution in [2.75, 3.05) is 0 Å². The molecule has 0 saturated carbocycles. The van der Waals surface area contributed by atoms with Crippen molar-refractivity contribution in [2.45, 2.75) is 64.2 Å². The minimum atomic E-state index is -0.299. The van der Waals surface area contributed by atoms with Gasteiger partial charge in [0.25, 0.3) is 0 Å². The molecule has 0 bridgehead atoms. The number of benzene rings is 2. The van der Waals surface area contributed by atoms with Crippen molar-refractivity contribution in [3.05, 3.63) is 81.1 Å². The molecule has 2 unspecified atom stereocenters. The Hall–Kier alpha value is -1.60. The normalized spacial score (nSPS) is 21.9. The summed E-state index contributed by atoms with van der Waals surface area (Å²) in [7, 11) is 0. The molecule has 0 nitrogen and oxygen atoms in total. The highest BCUT2D eigenvalue weighted by atomic mass is 35.5. The molecule has 0 aliphatic heterocycles. The molecule has 2 aromatic rings. The van der Waals surface area contributed by atoms with Crippen LogP contribution < -0.4 is 0 Å². The molecule has 0 aromatic heterocycles. The first-order chi connectivity index (χ1) is 13.2. The van der Waals surface area contributed by atoms with Crippen LogP contribution in [-0.4, -0.2) is 0 Å². The van der Waals surface area contributed by atoms with Crippen molar-refractivity contribution >= 4 is 11.6 Å². The lowest BCUT2D eigenvalue weighted by atomic mass is 9.74. The lowest BCUT2D eigenvalue weighted by Crippen LogP contribution is -2.20. The SMILES string of the molecule is CCC/C=C/C1CCc2c(ccc3c2CCC(c2ccc(Cl)c(F)c2)C3)C1. The molecule has 4 rings (SSSR count). The fourth-order valence-electron chi connectivity index (χ4n) is 4.87. The Labute approximate surface area is 167 Å². The van der Waals surface area contributed by atoms with Gasteiger partial charge in [0, 0.05) is 0 Å². The Morgan fingerprint density at radius 1 is 1.04 bits per heavy atom. The quantitative estimate of drug-likeness (QED) is 0.490. The van der Waals surface area contributed by atoms with Crippen molar-refractivity contribution in [1.29, 1.82) is 0 Å². The Bertz CT molecular complexity index is 852. The van der Waals surface area contributed by atoms with E-state index in [0.717, 1.165) is 24.8 Å².